The Morgan fingerprint density at radius 3 is 2.79 bits per heavy atom. The molecule has 5 heteroatoms. The summed E-state index contributed by atoms with van der Waals surface area (Å²) in [5.41, 5.74) is 2.73. The maximum Gasteiger partial charge on any atom is 0.250 e. The molecule has 3 aromatic rings. The summed E-state index contributed by atoms with van der Waals surface area (Å²) in [6.45, 7) is 0. The van der Waals surface area contributed by atoms with E-state index in [-0.39, 0.29) is 5.91 Å². The number of thiazole rings is 1. The molecule has 0 saturated heterocycles. The van der Waals surface area contributed by atoms with Gasteiger partial charge in [-0.1, -0.05) is 42.5 Å². The van der Waals surface area contributed by atoms with Gasteiger partial charge >= 0.3 is 0 Å². The molecular formula is C19H16N2O2S. The van der Waals surface area contributed by atoms with E-state index < -0.39 is 0 Å². The third kappa shape index (κ3) is 4.08. The van der Waals surface area contributed by atoms with E-state index in [9.17, 15) is 4.79 Å². The molecule has 0 unspecified atom stereocenters. The molecule has 0 fully saturated rings. The number of rotatable bonds is 5. The normalized spacial score (nSPS) is 10.7. The monoisotopic (exact) mass is 336 g/mol. The van der Waals surface area contributed by atoms with Crippen molar-refractivity contribution in [1.82, 2.24) is 4.98 Å². The second kappa shape index (κ2) is 7.57. The molecule has 120 valence electrons. The lowest BCUT2D eigenvalue weighted by atomic mass is 10.2. The zero-order valence-corrected chi connectivity index (χ0v) is 13.9. The van der Waals surface area contributed by atoms with E-state index in [2.05, 4.69) is 10.3 Å². The van der Waals surface area contributed by atoms with Crippen LogP contribution in [0.3, 0.4) is 0 Å². The molecule has 0 spiro atoms. The van der Waals surface area contributed by atoms with E-state index >= 15 is 0 Å². The molecule has 0 bridgehead atoms. The van der Waals surface area contributed by atoms with Crippen LogP contribution in [0.1, 0.15) is 5.56 Å². The molecule has 3 rings (SSSR count). The van der Waals surface area contributed by atoms with E-state index in [1.54, 1.807) is 13.2 Å². The Bertz CT molecular complexity index is 857. The summed E-state index contributed by atoms with van der Waals surface area (Å²) in [7, 11) is 1.63. The number of nitrogens with one attached hydrogen (secondary N) is 1. The van der Waals surface area contributed by atoms with Gasteiger partial charge < -0.3 is 4.74 Å². The molecule has 24 heavy (non-hydrogen) atoms. The number of hydrogen-bond acceptors (Lipinski definition) is 4. The lowest BCUT2D eigenvalue weighted by Gasteiger charge is -2.01. The first-order valence-corrected chi connectivity index (χ1v) is 8.26. The molecule has 2 aromatic carbocycles. The van der Waals surface area contributed by atoms with E-state index in [4.69, 9.17) is 4.74 Å². The Labute approximate surface area is 144 Å². The fourth-order valence-corrected chi connectivity index (χ4v) is 2.85. The quantitative estimate of drug-likeness (QED) is 0.699. The van der Waals surface area contributed by atoms with Gasteiger partial charge in [0.25, 0.3) is 0 Å². The number of amides is 1. The van der Waals surface area contributed by atoms with Crippen LogP contribution in [0.5, 0.6) is 5.75 Å². The Morgan fingerprint density at radius 2 is 2.00 bits per heavy atom. The van der Waals surface area contributed by atoms with Crippen LogP contribution in [0.15, 0.2) is 66.1 Å². The van der Waals surface area contributed by atoms with E-state index in [0.717, 1.165) is 22.6 Å². The summed E-state index contributed by atoms with van der Waals surface area (Å²) < 4.78 is 5.22. The fourth-order valence-electron chi connectivity index (χ4n) is 2.13. The Kier molecular flexibility index (Phi) is 5.03. The van der Waals surface area contributed by atoms with Gasteiger partial charge in [-0.25, -0.2) is 4.98 Å². The number of nitrogens with zero attached hydrogens (tertiary/aromatic N) is 1. The summed E-state index contributed by atoms with van der Waals surface area (Å²) in [6.07, 6.45) is 3.27. The summed E-state index contributed by atoms with van der Waals surface area (Å²) in [5.74, 6) is 0.572. The lowest BCUT2D eigenvalue weighted by Crippen LogP contribution is -2.07. The fraction of sp³-hybridized carbons (Fsp3) is 0.0526. The highest BCUT2D eigenvalue weighted by atomic mass is 32.1. The number of anilines is 1. The van der Waals surface area contributed by atoms with E-state index in [1.165, 1.54) is 17.4 Å². The van der Waals surface area contributed by atoms with Crippen molar-refractivity contribution in [2.24, 2.45) is 0 Å². The first-order valence-electron chi connectivity index (χ1n) is 7.38. The van der Waals surface area contributed by atoms with Crippen molar-refractivity contribution in [2.75, 3.05) is 12.4 Å². The van der Waals surface area contributed by atoms with Gasteiger partial charge in [0.15, 0.2) is 5.13 Å². The van der Waals surface area contributed by atoms with Crippen molar-refractivity contribution >= 4 is 28.5 Å². The van der Waals surface area contributed by atoms with Crippen molar-refractivity contribution in [3.63, 3.8) is 0 Å². The predicted octanol–water partition coefficient (Wildman–Crippen LogP) is 4.47. The zero-order chi connectivity index (χ0) is 16.8. The number of benzene rings is 2. The number of carbonyl (C=O) groups is 1. The molecular weight excluding hydrogens is 320 g/mol. The SMILES string of the molecule is COc1cccc(-c2csc(NC(=O)C=Cc3ccccc3)n2)c1. The highest BCUT2D eigenvalue weighted by Crippen LogP contribution is 2.27. The van der Waals surface area contributed by atoms with Crippen molar-refractivity contribution in [3.05, 3.63) is 71.6 Å². The van der Waals surface area contributed by atoms with Gasteiger partial charge in [-0.15, -0.1) is 11.3 Å². The van der Waals surface area contributed by atoms with Gasteiger partial charge in [-0.2, -0.15) is 0 Å². The van der Waals surface area contributed by atoms with Gasteiger partial charge in [0.1, 0.15) is 5.75 Å². The molecule has 4 nitrogen and oxygen atoms in total. The minimum atomic E-state index is -0.203. The topological polar surface area (TPSA) is 51.2 Å². The van der Waals surface area contributed by atoms with Crippen molar-refractivity contribution in [3.8, 4) is 17.0 Å². The molecule has 1 heterocycles. The molecule has 0 atom stereocenters. The van der Waals surface area contributed by atoms with Crippen LogP contribution >= 0.6 is 11.3 Å². The van der Waals surface area contributed by atoms with Crippen LogP contribution in [-0.4, -0.2) is 18.0 Å². The van der Waals surface area contributed by atoms with Crippen LogP contribution in [0.25, 0.3) is 17.3 Å². The van der Waals surface area contributed by atoms with Gasteiger partial charge in [0.2, 0.25) is 5.91 Å². The first-order chi connectivity index (χ1) is 11.7. The molecule has 0 aliphatic rings. The minimum absolute atomic E-state index is 0.203. The second-order valence-corrected chi connectivity index (χ2v) is 5.86. The summed E-state index contributed by atoms with van der Waals surface area (Å²) >= 11 is 1.39. The van der Waals surface area contributed by atoms with Crippen molar-refractivity contribution in [2.45, 2.75) is 0 Å². The highest BCUT2D eigenvalue weighted by Gasteiger charge is 2.07. The van der Waals surface area contributed by atoms with Gasteiger partial charge in [0.05, 0.1) is 12.8 Å². The smallest absolute Gasteiger partial charge is 0.250 e. The Hall–Kier alpha value is -2.92. The van der Waals surface area contributed by atoms with Crippen LogP contribution < -0.4 is 10.1 Å². The van der Waals surface area contributed by atoms with E-state index in [0.29, 0.717) is 5.13 Å². The number of ether oxygens (including phenoxy) is 1. The summed E-state index contributed by atoms with van der Waals surface area (Å²) in [4.78, 5) is 16.4. The predicted molar refractivity (Wildman–Crippen MR) is 98.2 cm³/mol. The average Bonchev–Trinajstić information content (AvgIpc) is 3.09. The molecule has 0 saturated carbocycles. The van der Waals surface area contributed by atoms with Crippen LogP contribution in [0, 0.1) is 0 Å². The van der Waals surface area contributed by atoms with Crippen LogP contribution in [-0.2, 0) is 4.79 Å². The van der Waals surface area contributed by atoms with Gasteiger partial charge in [0, 0.05) is 17.0 Å². The minimum Gasteiger partial charge on any atom is -0.497 e. The largest absolute Gasteiger partial charge is 0.497 e. The number of methoxy groups -OCH3 is 1. The van der Waals surface area contributed by atoms with Gasteiger partial charge in [-0.3, -0.25) is 10.1 Å². The number of carbonyl (C=O) groups excluding carboxylic acids is 1. The Morgan fingerprint density at radius 1 is 1.17 bits per heavy atom. The molecule has 0 aliphatic heterocycles. The summed E-state index contributed by atoms with van der Waals surface area (Å²) in [5, 5.41) is 5.25. The molecule has 1 amide bonds. The lowest BCUT2D eigenvalue weighted by molar-refractivity contribution is -0.111. The molecule has 1 aromatic heterocycles. The summed E-state index contributed by atoms with van der Waals surface area (Å²) in [6, 6.07) is 17.3. The zero-order valence-electron chi connectivity index (χ0n) is 13.1. The van der Waals surface area contributed by atoms with E-state index in [1.807, 2.05) is 60.0 Å². The number of aromatic nitrogens is 1. The maximum atomic E-state index is 12.0. The van der Waals surface area contributed by atoms with Crippen molar-refractivity contribution < 1.29 is 9.53 Å². The molecule has 0 aliphatic carbocycles. The number of hydrogen-bond donors (Lipinski definition) is 1. The third-order valence-electron chi connectivity index (χ3n) is 3.33. The van der Waals surface area contributed by atoms with Gasteiger partial charge in [-0.05, 0) is 23.8 Å². The third-order valence-corrected chi connectivity index (χ3v) is 4.08. The second-order valence-electron chi connectivity index (χ2n) is 5.00. The molecule has 0 radical (unpaired) electrons. The standard InChI is InChI=1S/C19H16N2O2S/c1-23-16-9-5-8-15(12-16)17-13-24-19(20-17)21-18(22)11-10-14-6-3-2-4-7-14/h2-13H,1H3,(H,20,21,22). The molecule has 1 N–H and O–H groups in total. The Balaban J connectivity index is 1.67. The first kappa shape index (κ1) is 16.0. The van der Waals surface area contributed by atoms with Crippen LogP contribution in [0.2, 0.25) is 0 Å². The average molecular weight is 336 g/mol. The van der Waals surface area contributed by atoms with Crippen molar-refractivity contribution in [1.29, 1.82) is 0 Å². The maximum absolute atomic E-state index is 12.0. The van der Waals surface area contributed by atoms with Crippen LogP contribution in [0.4, 0.5) is 5.13 Å². The highest BCUT2D eigenvalue weighted by molar-refractivity contribution is 7.14.